The molecule has 3 aromatic carbocycles. The number of aromatic nitrogens is 1. The number of amides is 1. The van der Waals surface area contributed by atoms with E-state index in [-0.39, 0.29) is 5.91 Å². The van der Waals surface area contributed by atoms with Crippen LogP contribution in [0, 0.1) is 0 Å². The van der Waals surface area contributed by atoms with Gasteiger partial charge in [-0.1, -0.05) is 85.3 Å². The number of hydrogen-bond donors (Lipinski definition) is 0. The van der Waals surface area contributed by atoms with Crippen molar-refractivity contribution in [1.29, 1.82) is 0 Å². The Kier molecular flexibility index (Phi) is 6.86. The van der Waals surface area contributed by atoms with Crippen LogP contribution in [0.4, 0.5) is 5.13 Å². The zero-order valence-corrected chi connectivity index (χ0v) is 19.4. The molecule has 0 saturated heterocycles. The lowest BCUT2D eigenvalue weighted by molar-refractivity contribution is -0.118. The fourth-order valence-corrected chi connectivity index (χ4v) is 5.14. The van der Waals surface area contributed by atoms with Gasteiger partial charge in [0.05, 0.1) is 16.1 Å². The van der Waals surface area contributed by atoms with Gasteiger partial charge < -0.3 is 4.90 Å². The molecule has 4 nitrogen and oxygen atoms in total. The number of carbonyl (C=O) groups is 1. The van der Waals surface area contributed by atoms with Crippen molar-refractivity contribution >= 4 is 55.0 Å². The van der Waals surface area contributed by atoms with E-state index in [1.807, 2.05) is 47.4 Å². The Labute approximate surface area is 192 Å². The minimum atomic E-state index is 0.0543. The molecule has 0 aliphatic rings. The zero-order valence-electron chi connectivity index (χ0n) is 17.8. The Bertz CT molecular complexity index is 1200. The van der Waals surface area contributed by atoms with Crippen molar-refractivity contribution < 1.29 is 4.79 Å². The lowest BCUT2D eigenvalue weighted by Gasteiger charge is -2.25. The molecular weight excluding hydrogens is 426 g/mol. The van der Waals surface area contributed by atoms with Crippen LogP contribution >= 0.6 is 22.9 Å². The summed E-state index contributed by atoms with van der Waals surface area (Å²) in [5.74, 6) is 0.0543. The van der Waals surface area contributed by atoms with Gasteiger partial charge in [-0.3, -0.25) is 9.69 Å². The number of fused-ring (bicyclic) bond motifs is 2. The molecule has 1 amide bonds. The van der Waals surface area contributed by atoms with Crippen molar-refractivity contribution in [2.24, 2.45) is 0 Å². The second-order valence-electron chi connectivity index (χ2n) is 7.47. The number of nitrogens with zero attached hydrogens (tertiary/aromatic N) is 3. The molecule has 31 heavy (non-hydrogen) atoms. The van der Waals surface area contributed by atoms with E-state index >= 15 is 0 Å². The summed E-state index contributed by atoms with van der Waals surface area (Å²) in [5.41, 5.74) is 1.80. The van der Waals surface area contributed by atoms with Crippen molar-refractivity contribution in [3.63, 3.8) is 0 Å². The molecule has 0 aliphatic carbocycles. The maximum absolute atomic E-state index is 13.5. The second kappa shape index (κ2) is 9.77. The summed E-state index contributed by atoms with van der Waals surface area (Å²) in [4.78, 5) is 22.4. The zero-order chi connectivity index (χ0) is 21.8. The molecule has 0 radical (unpaired) electrons. The fourth-order valence-electron chi connectivity index (χ4n) is 3.83. The maximum atomic E-state index is 13.5. The third kappa shape index (κ3) is 4.74. The van der Waals surface area contributed by atoms with E-state index in [1.54, 1.807) is 0 Å². The summed E-state index contributed by atoms with van der Waals surface area (Å²) in [6.45, 7) is 7.59. The smallest absolute Gasteiger partial charge is 0.233 e. The molecule has 4 rings (SSSR count). The fraction of sp³-hybridized carbons (Fsp3) is 0.280. The summed E-state index contributed by atoms with van der Waals surface area (Å²) in [7, 11) is 0. The molecule has 0 spiro atoms. The van der Waals surface area contributed by atoms with E-state index in [1.165, 1.54) is 11.3 Å². The summed E-state index contributed by atoms with van der Waals surface area (Å²) >= 11 is 7.87. The second-order valence-corrected chi connectivity index (χ2v) is 8.89. The summed E-state index contributed by atoms with van der Waals surface area (Å²) < 4.78 is 0.994. The van der Waals surface area contributed by atoms with E-state index in [2.05, 4.69) is 36.9 Å². The Morgan fingerprint density at radius 3 is 2.48 bits per heavy atom. The van der Waals surface area contributed by atoms with Crippen LogP contribution in [0.2, 0.25) is 5.02 Å². The Hall–Kier alpha value is -2.47. The van der Waals surface area contributed by atoms with Gasteiger partial charge in [0, 0.05) is 13.1 Å². The summed E-state index contributed by atoms with van der Waals surface area (Å²) in [6.07, 6.45) is 0.337. The summed E-state index contributed by atoms with van der Waals surface area (Å²) in [6, 6.07) is 20.1. The first-order chi connectivity index (χ1) is 15.1. The average molecular weight is 452 g/mol. The molecule has 6 heteroatoms. The predicted molar refractivity (Wildman–Crippen MR) is 132 cm³/mol. The van der Waals surface area contributed by atoms with Gasteiger partial charge in [0.2, 0.25) is 5.91 Å². The van der Waals surface area contributed by atoms with E-state index in [0.29, 0.717) is 23.1 Å². The Morgan fingerprint density at radius 1 is 0.968 bits per heavy atom. The van der Waals surface area contributed by atoms with Crippen LogP contribution in [-0.2, 0) is 11.2 Å². The van der Waals surface area contributed by atoms with Gasteiger partial charge in [0.25, 0.3) is 0 Å². The lowest BCUT2D eigenvalue weighted by Crippen LogP contribution is -2.39. The molecule has 0 atom stereocenters. The van der Waals surface area contributed by atoms with Crippen molar-refractivity contribution in [2.75, 3.05) is 31.1 Å². The number of para-hydroxylation sites is 1. The van der Waals surface area contributed by atoms with Crippen molar-refractivity contribution in [3.8, 4) is 0 Å². The molecule has 1 aromatic heterocycles. The predicted octanol–water partition coefficient (Wildman–Crippen LogP) is 6.02. The SMILES string of the molecule is CCN(CC)CCN(C(=O)Cc1cccc2ccccc12)c1nc2c(Cl)cccc2s1. The molecule has 4 aromatic rings. The van der Waals surface area contributed by atoms with Crippen LogP contribution < -0.4 is 4.90 Å². The molecular formula is C25H26ClN3OS. The number of halogens is 1. The van der Waals surface area contributed by atoms with Crippen molar-refractivity contribution in [1.82, 2.24) is 9.88 Å². The molecule has 0 aliphatic heterocycles. The van der Waals surface area contributed by atoms with E-state index < -0.39 is 0 Å². The minimum Gasteiger partial charge on any atom is -0.302 e. The van der Waals surface area contributed by atoms with Gasteiger partial charge in [0.1, 0.15) is 5.52 Å². The maximum Gasteiger partial charge on any atom is 0.233 e. The average Bonchev–Trinajstić information content (AvgIpc) is 3.22. The molecule has 0 N–H and O–H groups in total. The minimum absolute atomic E-state index is 0.0543. The molecule has 0 saturated carbocycles. The third-order valence-electron chi connectivity index (χ3n) is 5.65. The normalized spacial score (nSPS) is 11.5. The van der Waals surface area contributed by atoms with E-state index in [4.69, 9.17) is 16.6 Å². The van der Waals surface area contributed by atoms with Crippen molar-refractivity contribution in [3.05, 3.63) is 71.2 Å². The number of thiazole rings is 1. The van der Waals surface area contributed by atoms with Crippen LogP contribution in [0.1, 0.15) is 19.4 Å². The van der Waals surface area contributed by atoms with Crippen LogP contribution in [0.5, 0.6) is 0 Å². The van der Waals surface area contributed by atoms with Gasteiger partial charge in [0.15, 0.2) is 5.13 Å². The summed E-state index contributed by atoms with van der Waals surface area (Å²) in [5, 5.41) is 3.59. The number of carbonyl (C=O) groups excluding carboxylic acids is 1. The standard InChI is InChI=1S/C25H26ClN3OS/c1-3-28(4-2)15-16-29(25-27-24-21(26)13-8-14-22(24)31-25)23(30)17-19-11-7-10-18-9-5-6-12-20(18)19/h5-14H,3-4,15-17H2,1-2H3. The molecule has 0 bridgehead atoms. The van der Waals surface area contributed by atoms with E-state index in [9.17, 15) is 4.79 Å². The Morgan fingerprint density at radius 2 is 1.71 bits per heavy atom. The first-order valence-corrected chi connectivity index (χ1v) is 11.8. The van der Waals surface area contributed by atoms with Crippen molar-refractivity contribution in [2.45, 2.75) is 20.3 Å². The van der Waals surface area contributed by atoms with Gasteiger partial charge in [-0.15, -0.1) is 0 Å². The van der Waals surface area contributed by atoms with Crippen LogP contribution in [0.3, 0.4) is 0 Å². The van der Waals surface area contributed by atoms with Crippen LogP contribution in [-0.4, -0.2) is 42.0 Å². The van der Waals surface area contributed by atoms with Crippen LogP contribution in [0.25, 0.3) is 21.0 Å². The number of anilines is 1. The van der Waals surface area contributed by atoms with Gasteiger partial charge in [-0.2, -0.15) is 0 Å². The monoisotopic (exact) mass is 451 g/mol. The van der Waals surface area contributed by atoms with Crippen LogP contribution in [0.15, 0.2) is 60.7 Å². The highest BCUT2D eigenvalue weighted by Gasteiger charge is 2.22. The molecule has 160 valence electrons. The molecule has 0 unspecified atom stereocenters. The number of benzene rings is 3. The number of likely N-dealkylation sites (N-methyl/N-ethyl adjacent to an activating group) is 1. The highest BCUT2D eigenvalue weighted by atomic mass is 35.5. The molecule has 1 heterocycles. The highest BCUT2D eigenvalue weighted by Crippen LogP contribution is 2.33. The highest BCUT2D eigenvalue weighted by molar-refractivity contribution is 7.22. The Balaban J connectivity index is 1.67. The number of rotatable bonds is 8. The van der Waals surface area contributed by atoms with Gasteiger partial charge >= 0.3 is 0 Å². The van der Waals surface area contributed by atoms with Gasteiger partial charge in [-0.25, -0.2) is 4.98 Å². The third-order valence-corrected chi connectivity index (χ3v) is 6.99. The topological polar surface area (TPSA) is 36.4 Å². The van der Waals surface area contributed by atoms with E-state index in [0.717, 1.165) is 46.2 Å². The molecule has 0 fully saturated rings. The first-order valence-electron chi connectivity index (χ1n) is 10.6. The first kappa shape index (κ1) is 21.8. The lowest BCUT2D eigenvalue weighted by atomic mass is 10.0. The largest absolute Gasteiger partial charge is 0.302 e. The quantitative estimate of drug-likeness (QED) is 0.328. The van der Waals surface area contributed by atoms with Gasteiger partial charge in [-0.05, 0) is 41.6 Å². The number of hydrogen-bond acceptors (Lipinski definition) is 4.